The van der Waals surface area contributed by atoms with Gasteiger partial charge < -0.3 is 5.32 Å². The fraction of sp³-hybridized carbons (Fsp3) is 0.400. The van der Waals surface area contributed by atoms with Crippen LogP contribution >= 0.6 is 11.8 Å². The number of carbonyl (C=O) groups excluding carboxylic acids is 3. The monoisotopic (exact) mass is 449 g/mol. The quantitative estimate of drug-likeness (QED) is 0.774. The largest absolute Gasteiger partial charge is 0.352 e. The fourth-order valence-corrected chi connectivity index (χ4v) is 6.42. The van der Waals surface area contributed by atoms with Gasteiger partial charge in [0.15, 0.2) is 0 Å². The highest BCUT2D eigenvalue weighted by molar-refractivity contribution is 8.02. The lowest BCUT2D eigenvalue weighted by molar-refractivity contribution is -0.126. The van der Waals surface area contributed by atoms with Crippen molar-refractivity contribution in [2.45, 2.75) is 50.4 Å². The molecule has 5 rings (SSSR count). The summed E-state index contributed by atoms with van der Waals surface area (Å²) in [6, 6.07) is 13.6. The molecule has 1 N–H and O–H groups in total. The number of fused-ring (bicyclic) bond motifs is 2. The molecule has 2 aromatic rings. The fourth-order valence-electron chi connectivity index (χ4n) is 5.06. The van der Waals surface area contributed by atoms with Crippen LogP contribution in [-0.4, -0.2) is 36.1 Å². The molecule has 3 aliphatic rings. The van der Waals surface area contributed by atoms with Gasteiger partial charge in [-0.2, -0.15) is 0 Å². The zero-order chi connectivity index (χ0) is 22.5. The van der Waals surface area contributed by atoms with Crippen LogP contribution in [-0.2, 0) is 19.3 Å². The second kappa shape index (κ2) is 7.96. The van der Waals surface area contributed by atoms with E-state index >= 15 is 0 Å². The topological polar surface area (TPSA) is 69.7 Å². The predicted molar refractivity (Wildman–Crippen MR) is 127 cm³/mol. The zero-order valence-electron chi connectivity index (χ0n) is 18.4. The van der Waals surface area contributed by atoms with Crippen LogP contribution in [0.15, 0.2) is 42.5 Å². The number of nitrogens with one attached hydrogen (secondary N) is 1. The van der Waals surface area contributed by atoms with Crippen molar-refractivity contribution in [1.29, 1.82) is 0 Å². The van der Waals surface area contributed by atoms with Crippen molar-refractivity contribution in [2.24, 2.45) is 0 Å². The Morgan fingerprint density at radius 1 is 1.09 bits per heavy atom. The van der Waals surface area contributed by atoms with E-state index in [9.17, 15) is 14.4 Å². The molecule has 1 spiro atoms. The van der Waals surface area contributed by atoms with Gasteiger partial charge in [-0.3, -0.25) is 24.2 Å². The number of hydrogen-bond donors (Lipinski definition) is 1. The SMILES string of the molecule is Cc1ccc(N2C(=O)CSC23C(=O)N(CC(=O)NC2CCCC2)c2ccccc23)cc1C. The minimum Gasteiger partial charge on any atom is -0.352 e. The molecule has 1 saturated heterocycles. The van der Waals surface area contributed by atoms with Crippen molar-refractivity contribution in [3.8, 4) is 0 Å². The average molecular weight is 450 g/mol. The summed E-state index contributed by atoms with van der Waals surface area (Å²) in [7, 11) is 0. The molecule has 2 heterocycles. The molecule has 1 aliphatic carbocycles. The van der Waals surface area contributed by atoms with Crippen molar-refractivity contribution in [3.05, 3.63) is 59.2 Å². The number of benzene rings is 2. The first kappa shape index (κ1) is 21.1. The molecule has 2 aliphatic heterocycles. The predicted octanol–water partition coefficient (Wildman–Crippen LogP) is 3.64. The normalized spacial score (nSPS) is 22.8. The maximum absolute atomic E-state index is 14.0. The number of rotatable bonds is 4. The summed E-state index contributed by atoms with van der Waals surface area (Å²) in [6.07, 6.45) is 4.24. The van der Waals surface area contributed by atoms with Crippen molar-refractivity contribution in [2.75, 3.05) is 22.1 Å². The third-order valence-electron chi connectivity index (χ3n) is 6.83. The standard InChI is InChI=1S/C25H27N3O3S/c1-16-11-12-19(13-17(16)2)28-23(30)15-32-25(28)20-9-5-6-10-21(20)27(24(25)31)14-22(29)26-18-7-3-4-8-18/h5-6,9-13,18H,3-4,7-8,14-15H2,1-2H3,(H,26,29). The van der Waals surface area contributed by atoms with Crippen molar-refractivity contribution in [3.63, 3.8) is 0 Å². The summed E-state index contributed by atoms with van der Waals surface area (Å²) < 4.78 is 0. The van der Waals surface area contributed by atoms with Gasteiger partial charge in [0.1, 0.15) is 6.54 Å². The van der Waals surface area contributed by atoms with E-state index in [0.717, 1.165) is 42.4 Å². The number of carbonyl (C=O) groups is 3. The van der Waals surface area contributed by atoms with Crippen LogP contribution in [0.4, 0.5) is 11.4 Å². The van der Waals surface area contributed by atoms with Gasteiger partial charge in [-0.25, -0.2) is 0 Å². The molecule has 7 heteroatoms. The first-order valence-electron chi connectivity index (χ1n) is 11.2. The molecule has 2 fully saturated rings. The summed E-state index contributed by atoms with van der Waals surface area (Å²) in [5.74, 6) is -0.257. The first-order chi connectivity index (χ1) is 15.4. The molecular weight excluding hydrogens is 422 g/mol. The lowest BCUT2D eigenvalue weighted by Crippen LogP contribution is -2.51. The van der Waals surface area contributed by atoms with E-state index in [-0.39, 0.29) is 36.1 Å². The molecule has 0 radical (unpaired) electrons. The van der Waals surface area contributed by atoms with E-state index < -0.39 is 4.87 Å². The van der Waals surface area contributed by atoms with Gasteiger partial charge in [0.2, 0.25) is 16.7 Å². The summed E-state index contributed by atoms with van der Waals surface area (Å²) >= 11 is 1.34. The van der Waals surface area contributed by atoms with E-state index in [1.807, 2.05) is 56.3 Å². The molecule has 1 atom stereocenters. The van der Waals surface area contributed by atoms with E-state index in [4.69, 9.17) is 0 Å². The van der Waals surface area contributed by atoms with Crippen LogP contribution in [0.2, 0.25) is 0 Å². The molecule has 1 unspecified atom stereocenters. The summed E-state index contributed by atoms with van der Waals surface area (Å²) in [5, 5.41) is 3.08. The second-order valence-corrected chi connectivity index (χ2v) is 10.1. The highest BCUT2D eigenvalue weighted by Gasteiger charge is 2.61. The van der Waals surface area contributed by atoms with E-state index in [1.165, 1.54) is 11.8 Å². The highest BCUT2D eigenvalue weighted by Crippen LogP contribution is 2.55. The lowest BCUT2D eigenvalue weighted by Gasteiger charge is -2.33. The maximum Gasteiger partial charge on any atom is 0.269 e. The molecule has 3 amide bonds. The maximum atomic E-state index is 14.0. The molecular formula is C25H27N3O3S. The van der Waals surface area contributed by atoms with Gasteiger partial charge >= 0.3 is 0 Å². The Balaban J connectivity index is 1.53. The van der Waals surface area contributed by atoms with E-state index in [2.05, 4.69) is 5.32 Å². The van der Waals surface area contributed by atoms with Crippen molar-refractivity contribution >= 4 is 40.9 Å². The first-order valence-corrected chi connectivity index (χ1v) is 12.2. The number of aryl methyl sites for hydroxylation is 2. The van der Waals surface area contributed by atoms with E-state index in [1.54, 1.807) is 9.80 Å². The Morgan fingerprint density at radius 3 is 2.59 bits per heavy atom. The third-order valence-corrected chi connectivity index (χ3v) is 8.22. The number of nitrogens with zero attached hydrogens (tertiary/aromatic N) is 2. The highest BCUT2D eigenvalue weighted by atomic mass is 32.2. The van der Waals surface area contributed by atoms with Gasteiger partial charge in [-0.05, 0) is 56.0 Å². The number of para-hydroxylation sites is 1. The average Bonchev–Trinajstić information content (AvgIpc) is 3.46. The molecule has 2 aromatic carbocycles. The van der Waals surface area contributed by atoms with Crippen LogP contribution in [0.25, 0.3) is 0 Å². The molecule has 6 nitrogen and oxygen atoms in total. The van der Waals surface area contributed by atoms with Crippen LogP contribution in [0.1, 0.15) is 42.4 Å². The van der Waals surface area contributed by atoms with Crippen LogP contribution in [0.5, 0.6) is 0 Å². The van der Waals surface area contributed by atoms with Crippen LogP contribution in [0, 0.1) is 13.8 Å². The number of thioether (sulfide) groups is 1. The summed E-state index contributed by atoms with van der Waals surface area (Å²) in [4.78, 5) is 41.9. The van der Waals surface area contributed by atoms with Gasteiger partial charge in [0, 0.05) is 17.3 Å². The number of hydrogen-bond acceptors (Lipinski definition) is 4. The molecule has 0 aromatic heterocycles. The zero-order valence-corrected chi connectivity index (χ0v) is 19.2. The third kappa shape index (κ3) is 3.22. The number of amides is 3. The molecule has 1 saturated carbocycles. The van der Waals surface area contributed by atoms with Gasteiger partial charge in [0.25, 0.3) is 5.91 Å². The second-order valence-electron chi connectivity index (χ2n) is 8.89. The lowest BCUT2D eigenvalue weighted by atomic mass is 10.0. The summed E-state index contributed by atoms with van der Waals surface area (Å²) in [5.41, 5.74) is 4.38. The Bertz CT molecular complexity index is 1110. The van der Waals surface area contributed by atoms with E-state index in [0.29, 0.717) is 11.4 Å². The smallest absolute Gasteiger partial charge is 0.269 e. The molecule has 32 heavy (non-hydrogen) atoms. The number of anilines is 2. The van der Waals surface area contributed by atoms with Crippen molar-refractivity contribution in [1.82, 2.24) is 5.32 Å². The summed E-state index contributed by atoms with van der Waals surface area (Å²) in [6.45, 7) is 3.99. The van der Waals surface area contributed by atoms with Gasteiger partial charge in [-0.15, -0.1) is 11.8 Å². The van der Waals surface area contributed by atoms with Crippen LogP contribution < -0.4 is 15.1 Å². The van der Waals surface area contributed by atoms with Crippen molar-refractivity contribution < 1.29 is 14.4 Å². The molecule has 0 bridgehead atoms. The van der Waals surface area contributed by atoms with Crippen LogP contribution in [0.3, 0.4) is 0 Å². The Morgan fingerprint density at radius 2 is 1.84 bits per heavy atom. The van der Waals surface area contributed by atoms with Gasteiger partial charge in [0.05, 0.1) is 11.4 Å². The molecule has 166 valence electrons. The Labute approximate surface area is 192 Å². The Hall–Kier alpha value is -2.80. The minimum absolute atomic E-state index is 0.0381. The minimum atomic E-state index is -1.18. The van der Waals surface area contributed by atoms with Gasteiger partial charge in [-0.1, -0.05) is 37.1 Å². The Kier molecular flexibility index (Phi) is 5.24.